The van der Waals surface area contributed by atoms with E-state index in [2.05, 4.69) is 13.8 Å². The van der Waals surface area contributed by atoms with Crippen molar-refractivity contribution in [2.45, 2.75) is 45.2 Å². The number of piperidine rings is 1. The minimum absolute atomic E-state index is 0.153. The third-order valence-electron chi connectivity index (χ3n) is 2.80. The molecule has 3 heteroatoms. The number of nitrogens with zero attached hydrogens (tertiary/aromatic N) is 2. The van der Waals surface area contributed by atoms with Crippen LogP contribution >= 0.6 is 0 Å². The molecule has 0 aromatic rings. The van der Waals surface area contributed by atoms with Crippen molar-refractivity contribution >= 4 is 6.03 Å². The molecule has 1 aliphatic rings. The van der Waals surface area contributed by atoms with Gasteiger partial charge in [-0.25, -0.2) is 4.79 Å². The van der Waals surface area contributed by atoms with Crippen LogP contribution in [0.25, 0.3) is 0 Å². The molecule has 1 heterocycles. The molecule has 0 aliphatic carbocycles. The van der Waals surface area contributed by atoms with E-state index in [9.17, 15) is 4.79 Å². The summed E-state index contributed by atoms with van der Waals surface area (Å²) in [6, 6.07) is 0.956. The van der Waals surface area contributed by atoms with E-state index in [1.54, 1.807) is 4.90 Å². The van der Waals surface area contributed by atoms with Crippen LogP contribution in [0.4, 0.5) is 4.79 Å². The minimum atomic E-state index is 0.153. The maximum Gasteiger partial charge on any atom is 0.319 e. The second-order valence-electron chi connectivity index (χ2n) is 4.21. The van der Waals surface area contributed by atoms with Gasteiger partial charge in [-0.15, -0.1) is 0 Å². The van der Waals surface area contributed by atoms with Gasteiger partial charge < -0.3 is 9.80 Å². The maximum atomic E-state index is 11.8. The summed E-state index contributed by atoms with van der Waals surface area (Å²) in [5.41, 5.74) is 0. The van der Waals surface area contributed by atoms with E-state index < -0.39 is 0 Å². The van der Waals surface area contributed by atoms with Crippen LogP contribution in [0.1, 0.15) is 33.1 Å². The Labute approximate surface area is 80.7 Å². The van der Waals surface area contributed by atoms with Crippen LogP contribution in [0.2, 0.25) is 0 Å². The first-order valence-corrected chi connectivity index (χ1v) is 5.03. The number of carbonyl (C=O) groups is 1. The molecule has 2 atom stereocenters. The van der Waals surface area contributed by atoms with Gasteiger partial charge in [-0.3, -0.25) is 0 Å². The Morgan fingerprint density at radius 3 is 2.08 bits per heavy atom. The lowest BCUT2D eigenvalue weighted by Crippen LogP contribution is -2.51. The zero-order valence-electron chi connectivity index (χ0n) is 9.08. The molecule has 0 N–H and O–H groups in total. The number of likely N-dealkylation sites (tertiary alicyclic amines) is 1. The summed E-state index contributed by atoms with van der Waals surface area (Å²) in [5.74, 6) is 0. The van der Waals surface area contributed by atoms with Crippen LogP contribution in [0.15, 0.2) is 0 Å². The van der Waals surface area contributed by atoms with E-state index in [0.717, 1.165) is 12.8 Å². The fraction of sp³-hybridized carbons (Fsp3) is 0.900. The van der Waals surface area contributed by atoms with E-state index in [0.29, 0.717) is 12.1 Å². The second-order valence-corrected chi connectivity index (χ2v) is 4.21. The van der Waals surface area contributed by atoms with Crippen LogP contribution in [-0.2, 0) is 0 Å². The molecule has 3 nitrogen and oxygen atoms in total. The Hall–Kier alpha value is -0.730. The molecule has 1 rings (SSSR count). The van der Waals surface area contributed by atoms with Gasteiger partial charge in [0.15, 0.2) is 0 Å². The molecule has 0 aromatic heterocycles. The smallest absolute Gasteiger partial charge is 0.319 e. The van der Waals surface area contributed by atoms with Crippen molar-refractivity contribution in [2.24, 2.45) is 0 Å². The summed E-state index contributed by atoms with van der Waals surface area (Å²) < 4.78 is 0. The Kier molecular flexibility index (Phi) is 3.17. The molecular formula is C10H20N2O. The van der Waals surface area contributed by atoms with E-state index in [1.807, 2.05) is 19.0 Å². The second kappa shape index (κ2) is 3.99. The topological polar surface area (TPSA) is 23.6 Å². The maximum absolute atomic E-state index is 11.8. The molecule has 2 amide bonds. The lowest BCUT2D eigenvalue weighted by molar-refractivity contribution is 0.104. The van der Waals surface area contributed by atoms with Gasteiger partial charge in [0.2, 0.25) is 0 Å². The highest BCUT2D eigenvalue weighted by atomic mass is 16.2. The fourth-order valence-electron chi connectivity index (χ4n) is 2.03. The van der Waals surface area contributed by atoms with Gasteiger partial charge in [0.1, 0.15) is 0 Å². The summed E-state index contributed by atoms with van der Waals surface area (Å²) in [6.45, 7) is 4.27. The Morgan fingerprint density at radius 2 is 1.69 bits per heavy atom. The third kappa shape index (κ3) is 2.14. The molecule has 76 valence electrons. The predicted molar refractivity (Wildman–Crippen MR) is 53.7 cm³/mol. The van der Waals surface area contributed by atoms with Gasteiger partial charge in [-0.05, 0) is 33.1 Å². The number of carbonyl (C=O) groups excluding carboxylic acids is 1. The van der Waals surface area contributed by atoms with E-state index >= 15 is 0 Å². The molecule has 1 fully saturated rings. The largest absolute Gasteiger partial charge is 0.331 e. The highest BCUT2D eigenvalue weighted by Gasteiger charge is 2.29. The van der Waals surface area contributed by atoms with Crippen LogP contribution in [-0.4, -0.2) is 42.0 Å². The van der Waals surface area contributed by atoms with Crippen molar-refractivity contribution in [1.82, 2.24) is 9.80 Å². The van der Waals surface area contributed by atoms with Gasteiger partial charge >= 0.3 is 6.03 Å². The summed E-state index contributed by atoms with van der Waals surface area (Å²) in [6.07, 6.45) is 3.54. The molecule has 13 heavy (non-hydrogen) atoms. The Balaban J connectivity index is 2.68. The van der Waals surface area contributed by atoms with Crippen LogP contribution < -0.4 is 0 Å². The number of urea groups is 1. The van der Waals surface area contributed by atoms with Crippen molar-refractivity contribution < 1.29 is 4.79 Å². The van der Waals surface area contributed by atoms with Crippen molar-refractivity contribution in [3.8, 4) is 0 Å². The third-order valence-corrected chi connectivity index (χ3v) is 2.80. The Morgan fingerprint density at radius 1 is 1.23 bits per heavy atom. The molecule has 1 saturated heterocycles. The average Bonchev–Trinajstić information content (AvgIpc) is 2.03. The first-order valence-electron chi connectivity index (χ1n) is 5.03. The lowest BCUT2D eigenvalue weighted by Gasteiger charge is -2.40. The van der Waals surface area contributed by atoms with Crippen molar-refractivity contribution in [1.29, 1.82) is 0 Å². The zero-order valence-corrected chi connectivity index (χ0v) is 9.08. The molecule has 0 aromatic carbocycles. The summed E-state index contributed by atoms with van der Waals surface area (Å²) in [4.78, 5) is 15.4. The standard InChI is InChI=1S/C10H20N2O/c1-8-6-5-7-9(2)12(8)10(13)11(3)4/h8-9H,5-7H2,1-4H3. The highest BCUT2D eigenvalue weighted by molar-refractivity contribution is 5.74. The quantitative estimate of drug-likeness (QED) is 0.564. The van der Waals surface area contributed by atoms with Gasteiger partial charge in [0.25, 0.3) is 0 Å². The molecular weight excluding hydrogens is 164 g/mol. The van der Waals surface area contributed by atoms with Crippen molar-refractivity contribution in [3.05, 3.63) is 0 Å². The minimum Gasteiger partial charge on any atom is -0.331 e. The van der Waals surface area contributed by atoms with Gasteiger partial charge in [0.05, 0.1) is 0 Å². The van der Waals surface area contributed by atoms with Crippen LogP contribution in [0.3, 0.4) is 0 Å². The van der Waals surface area contributed by atoms with Crippen LogP contribution in [0.5, 0.6) is 0 Å². The highest BCUT2D eigenvalue weighted by Crippen LogP contribution is 2.23. The van der Waals surface area contributed by atoms with E-state index in [1.165, 1.54) is 6.42 Å². The number of rotatable bonds is 0. The zero-order chi connectivity index (χ0) is 10.0. The van der Waals surface area contributed by atoms with Crippen molar-refractivity contribution in [3.63, 3.8) is 0 Å². The fourth-order valence-corrected chi connectivity index (χ4v) is 2.03. The Bertz CT molecular complexity index is 181. The predicted octanol–water partition coefficient (Wildman–Crippen LogP) is 1.93. The first kappa shape index (κ1) is 10.4. The molecule has 0 spiro atoms. The average molecular weight is 184 g/mol. The summed E-state index contributed by atoms with van der Waals surface area (Å²) >= 11 is 0. The van der Waals surface area contributed by atoms with Crippen LogP contribution in [0, 0.1) is 0 Å². The molecule has 1 aliphatic heterocycles. The van der Waals surface area contributed by atoms with Crippen molar-refractivity contribution in [2.75, 3.05) is 14.1 Å². The molecule has 0 saturated carbocycles. The van der Waals surface area contributed by atoms with E-state index in [-0.39, 0.29) is 6.03 Å². The van der Waals surface area contributed by atoms with E-state index in [4.69, 9.17) is 0 Å². The van der Waals surface area contributed by atoms with Gasteiger partial charge in [0, 0.05) is 26.2 Å². The summed E-state index contributed by atoms with van der Waals surface area (Å²) in [7, 11) is 3.63. The number of hydrogen-bond donors (Lipinski definition) is 0. The molecule has 0 radical (unpaired) electrons. The summed E-state index contributed by atoms with van der Waals surface area (Å²) in [5, 5.41) is 0. The SMILES string of the molecule is CC1CCCC(C)N1C(=O)N(C)C. The number of amides is 2. The normalized spacial score (nSPS) is 28.8. The van der Waals surface area contributed by atoms with Gasteiger partial charge in [-0.2, -0.15) is 0 Å². The van der Waals surface area contributed by atoms with Gasteiger partial charge in [-0.1, -0.05) is 0 Å². The molecule has 0 bridgehead atoms. The lowest BCUT2D eigenvalue weighted by atomic mass is 9.98. The number of hydrogen-bond acceptors (Lipinski definition) is 1. The monoisotopic (exact) mass is 184 g/mol. The molecule has 2 unspecified atom stereocenters. The first-order chi connectivity index (χ1) is 6.04.